The third-order valence-electron chi connectivity index (χ3n) is 4.34. The Morgan fingerprint density at radius 1 is 0.758 bits per heavy atom. The van der Waals surface area contributed by atoms with Gasteiger partial charge in [0, 0.05) is 5.69 Å². The molecule has 0 saturated heterocycles. The molecule has 0 radical (unpaired) electrons. The average molecular weight is 463 g/mol. The lowest BCUT2D eigenvalue weighted by molar-refractivity contribution is -0.141. The summed E-state index contributed by atoms with van der Waals surface area (Å²) in [7, 11) is 0. The van der Waals surface area contributed by atoms with Crippen LogP contribution in [0.15, 0.2) is 60.7 Å². The molecule has 6 nitrogen and oxygen atoms in total. The van der Waals surface area contributed by atoms with Gasteiger partial charge in [-0.1, -0.05) is 110 Å². The van der Waals surface area contributed by atoms with E-state index in [2.05, 4.69) is 24.4 Å². The maximum Gasteiger partial charge on any atom is 0.326 e. The predicted octanol–water partition coefficient (Wildman–Crippen LogP) is 6.31. The van der Waals surface area contributed by atoms with Crippen LogP contribution in [0.3, 0.4) is 0 Å². The zero-order chi connectivity index (χ0) is 24.2. The predicted molar refractivity (Wildman–Crippen MR) is 141 cm³/mol. The normalized spacial score (nSPS) is 12.0. The van der Waals surface area contributed by atoms with Crippen molar-refractivity contribution in [2.45, 2.75) is 75.4 Å². The van der Waals surface area contributed by atoms with E-state index in [1.807, 2.05) is 69.3 Å². The molecule has 6 heteroatoms. The highest BCUT2D eigenvalue weighted by molar-refractivity contribution is 5.78. The van der Waals surface area contributed by atoms with Crippen molar-refractivity contribution in [1.82, 2.24) is 0 Å². The highest BCUT2D eigenvalue weighted by Gasteiger charge is 2.30. The van der Waals surface area contributed by atoms with E-state index < -0.39 is 24.0 Å². The van der Waals surface area contributed by atoms with Gasteiger partial charge < -0.3 is 21.3 Å². The second-order valence-corrected chi connectivity index (χ2v) is 9.48. The molecule has 0 aliphatic rings. The van der Waals surface area contributed by atoms with Crippen LogP contribution < -0.4 is 11.1 Å². The van der Waals surface area contributed by atoms with Crippen LogP contribution in [0.5, 0.6) is 0 Å². The maximum absolute atomic E-state index is 11.1. The van der Waals surface area contributed by atoms with E-state index in [9.17, 15) is 9.59 Å². The number of rotatable bonds is 4. The van der Waals surface area contributed by atoms with Gasteiger partial charge in [-0.05, 0) is 29.9 Å². The largest absolute Gasteiger partial charge is 0.480 e. The van der Waals surface area contributed by atoms with Gasteiger partial charge in [-0.3, -0.25) is 4.79 Å². The van der Waals surface area contributed by atoms with E-state index in [0.29, 0.717) is 0 Å². The summed E-state index contributed by atoms with van der Waals surface area (Å²) < 4.78 is 0. The molecule has 2 atom stereocenters. The third-order valence-corrected chi connectivity index (χ3v) is 4.34. The molecule has 188 valence electrons. The molecule has 33 heavy (non-hydrogen) atoms. The van der Waals surface area contributed by atoms with Gasteiger partial charge in [-0.2, -0.15) is 0 Å². The average Bonchev–Trinajstić information content (AvgIpc) is 2.66. The quantitative estimate of drug-likeness (QED) is 0.423. The Kier molecular flexibility index (Phi) is 16.7. The fraction of sp³-hybridized carbons (Fsp3) is 0.481. The minimum Gasteiger partial charge on any atom is -0.480 e. The molecule has 2 rings (SSSR count). The van der Waals surface area contributed by atoms with Crippen molar-refractivity contribution in [3.63, 3.8) is 0 Å². The molecule has 0 fully saturated rings. The highest BCUT2D eigenvalue weighted by atomic mass is 16.4. The fourth-order valence-electron chi connectivity index (χ4n) is 2.25. The minimum absolute atomic E-state index is 0. The number of nitrogens with one attached hydrogen (secondary N) is 1. The summed E-state index contributed by atoms with van der Waals surface area (Å²) in [6.45, 7) is 13.2. The van der Waals surface area contributed by atoms with Gasteiger partial charge in [0.1, 0.15) is 12.1 Å². The van der Waals surface area contributed by atoms with E-state index in [1.54, 1.807) is 20.8 Å². The van der Waals surface area contributed by atoms with Gasteiger partial charge in [0.15, 0.2) is 0 Å². The standard InChI is InChI=1S/C12H17NO2.C7H8.C6H13NO2.2CH4/c1-12(2,3)10(11(14)15)13-9-7-5-4-6-8-9;1-7-5-3-2-4-6-7;1-6(2,3)4(7)5(8)9;;/h4-8,10,13H,1-3H3,(H,14,15);2-6H,1H3;4H,7H2,1-3H3,(H,8,9);2*1H4/t10-;;4-;;/m1.1../s1. The number of carboxylic acids is 2. The molecule has 0 aliphatic heterocycles. The van der Waals surface area contributed by atoms with Gasteiger partial charge in [-0.15, -0.1) is 0 Å². The first-order chi connectivity index (χ1) is 14.2. The van der Waals surface area contributed by atoms with Gasteiger partial charge in [0.2, 0.25) is 0 Å². The zero-order valence-electron chi connectivity index (χ0n) is 19.7. The number of hydrogen-bond acceptors (Lipinski definition) is 4. The van der Waals surface area contributed by atoms with Crippen molar-refractivity contribution in [3.8, 4) is 0 Å². The lowest BCUT2D eigenvalue weighted by atomic mass is 9.86. The Morgan fingerprint density at radius 2 is 1.15 bits per heavy atom. The Balaban J connectivity index is -0.000000431. The SMILES string of the molecule is C.C.CC(C)(C)[C@H](N)C(=O)O.CC(C)(C)[C@H](Nc1ccccc1)C(=O)O.Cc1ccccc1. The molecule has 0 spiro atoms. The monoisotopic (exact) mass is 462 g/mol. The molecule has 0 saturated carbocycles. The summed E-state index contributed by atoms with van der Waals surface area (Å²) in [6.07, 6.45) is 0. The number of para-hydroxylation sites is 1. The molecule has 0 heterocycles. The molecule has 2 aromatic rings. The summed E-state index contributed by atoms with van der Waals surface area (Å²) in [6, 6.07) is 18.3. The van der Waals surface area contributed by atoms with Crippen LogP contribution in [0.4, 0.5) is 5.69 Å². The molecule has 0 aliphatic carbocycles. The second-order valence-electron chi connectivity index (χ2n) is 9.48. The Bertz CT molecular complexity index is 779. The molecular weight excluding hydrogens is 416 g/mol. The summed E-state index contributed by atoms with van der Waals surface area (Å²) in [4.78, 5) is 21.3. The van der Waals surface area contributed by atoms with Crippen LogP contribution in [0.25, 0.3) is 0 Å². The van der Waals surface area contributed by atoms with Crippen molar-refractivity contribution >= 4 is 17.6 Å². The molecule has 0 unspecified atom stereocenters. The van der Waals surface area contributed by atoms with E-state index >= 15 is 0 Å². The number of aliphatic carboxylic acids is 2. The number of anilines is 1. The summed E-state index contributed by atoms with van der Waals surface area (Å²) in [5, 5.41) is 20.5. The van der Waals surface area contributed by atoms with Gasteiger partial charge in [-0.25, -0.2) is 4.79 Å². The van der Waals surface area contributed by atoms with Crippen LogP contribution in [0, 0.1) is 17.8 Å². The number of carboxylic acid groups (broad SMARTS) is 2. The molecule has 0 amide bonds. The number of nitrogens with two attached hydrogens (primary N) is 1. The van der Waals surface area contributed by atoms with E-state index in [0.717, 1.165) is 5.69 Å². The number of benzene rings is 2. The van der Waals surface area contributed by atoms with Gasteiger partial charge in [0.05, 0.1) is 0 Å². The number of carbonyl (C=O) groups is 2. The van der Waals surface area contributed by atoms with Crippen LogP contribution in [0.1, 0.15) is 62.0 Å². The van der Waals surface area contributed by atoms with E-state index in [-0.39, 0.29) is 25.7 Å². The smallest absolute Gasteiger partial charge is 0.326 e. The Hall–Kier alpha value is -2.86. The van der Waals surface area contributed by atoms with Crippen molar-refractivity contribution in [2.75, 3.05) is 5.32 Å². The van der Waals surface area contributed by atoms with Crippen molar-refractivity contribution in [1.29, 1.82) is 0 Å². The van der Waals surface area contributed by atoms with E-state index in [4.69, 9.17) is 15.9 Å². The lowest BCUT2D eigenvalue weighted by Gasteiger charge is -2.28. The third kappa shape index (κ3) is 15.6. The fourth-order valence-corrected chi connectivity index (χ4v) is 2.25. The topological polar surface area (TPSA) is 113 Å². The molecule has 0 aromatic heterocycles. The molecule has 2 aromatic carbocycles. The zero-order valence-corrected chi connectivity index (χ0v) is 19.7. The summed E-state index contributed by atoms with van der Waals surface area (Å²) >= 11 is 0. The van der Waals surface area contributed by atoms with Gasteiger partial charge >= 0.3 is 11.9 Å². The number of hydrogen-bond donors (Lipinski definition) is 4. The first-order valence-electron chi connectivity index (χ1n) is 10.2. The van der Waals surface area contributed by atoms with Crippen molar-refractivity contribution in [3.05, 3.63) is 66.2 Å². The lowest BCUT2D eigenvalue weighted by Crippen LogP contribution is -2.41. The van der Waals surface area contributed by atoms with Crippen molar-refractivity contribution < 1.29 is 19.8 Å². The minimum atomic E-state index is -0.942. The second kappa shape index (κ2) is 15.9. The summed E-state index contributed by atoms with van der Waals surface area (Å²) in [5.41, 5.74) is 6.79. The van der Waals surface area contributed by atoms with E-state index in [1.165, 1.54) is 5.56 Å². The first-order valence-corrected chi connectivity index (χ1v) is 10.2. The van der Waals surface area contributed by atoms with Crippen molar-refractivity contribution in [2.24, 2.45) is 16.6 Å². The van der Waals surface area contributed by atoms with Gasteiger partial charge in [0.25, 0.3) is 0 Å². The van der Waals surface area contributed by atoms with Crippen LogP contribution >= 0.6 is 0 Å². The van der Waals surface area contributed by atoms with Crippen LogP contribution in [-0.4, -0.2) is 34.2 Å². The first kappa shape index (κ1) is 34.7. The number of aryl methyl sites for hydroxylation is 1. The van der Waals surface area contributed by atoms with Crippen LogP contribution in [-0.2, 0) is 9.59 Å². The highest BCUT2D eigenvalue weighted by Crippen LogP contribution is 2.23. The Morgan fingerprint density at radius 3 is 1.36 bits per heavy atom. The summed E-state index contributed by atoms with van der Waals surface area (Å²) in [5.74, 6) is -1.77. The molecule has 5 N–H and O–H groups in total. The molecular formula is C27H46N2O4. The Labute approximate surface area is 201 Å². The maximum atomic E-state index is 11.1. The van der Waals surface area contributed by atoms with Crippen LogP contribution in [0.2, 0.25) is 0 Å². The molecule has 0 bridgehead atoms.